The molecule has 0 heterocycles. The minimum Gasteiger partial charge on any atom is -0.372 e. The number of benzene rings is 2. The second-order valence-corrected chi connectivity index (χ2v) is 5.78. The predicted octanol–water partition coefficient (Wildman–Crippen LogP) is 3.10. The summed E-state index contributed by atoms with van der Waals surface area (Å²) in [5.41, 5.74) is 3.77. The monoisotopic (exact) mass is 339 g/mol. The predicted molar refractivity (Wildman–Crippen MR) is 102 cm³/mol. The summed E-state index contributed by atoms with van der Waals surface area (Å²) in [5, 5.41) is 5.27. The van der Waals surface area contributed by atoms with Gasteiger partial charge in [0.15, 0.2) is 0 Å². The van der Waals surface area contributed by atoms with Crippen molar-refractivity contribution in [2.75, 3.05) is 23.3 Å². The van der Waals surface area contributed by atoms with Crippen LogP contribution in [0.1, 0.15) is 25.0 Å². The molecule has 2 aromatic rings. The van der Waals surface area contributed by atoms with Crippen LogP contribution in [0.2, 0.25) is 0 Å². The zero-order chi connectivity index (χ0) is 18.2. The first-order chi connectivity index (χ1) is 12.0. The van der Waals surface area contributed by atoms with Crippen LogP contribution in [0.4, 0.5) is 11.4 Å². The summed E-state index contributed by atoms with van der Waals surface area (Å²) in [4.78, 5) is 26.2. The van der Waals surface area contributed by atoms with Gasteiger partial charge in [-0.05, 0) is 56.2 Å². The molecule has 0 atom stereocenters. The van der Waals surface area contributed by atoms with Crippen LogP contribution in [0.5, 0.6) is 0 Å². The third-order valence-electron chi connectivity index (χ3n) is 4.16. The Morgan fingerprint density at radius 1 is 0.920 bits per heavy atom. The van der Waals surface area contributed by atoms with Gasteiger partial charge in [0.05, 0.1) is 0 Å². The molecule has 0 aliphatic heterocycles. The van der Waals surface area contributed by atoms with E-state index in [2.05, 4.69) is 29.4 Å². The van der Waals surface area contributed by atoms with Crippen LogP contribution in [0.15, 0.2) is 48.5 Å². The summed E-state index contributed by atoms with van der Waals surface area (Å²) in [5.74, 6) is -1.31. The molecule has 2 N–H and O–H groups in total. The fourth-order valence-corrected chi connectivity index (χ4v) is 2.60. The van der Waals surface area contributed by atoms with Crippen LogP contribution < -0.4 is 15.5 Å². The number of amides is 2. The van der Waals surface area contributed by atoms with E-state index in [4.69, 9.17) is 0 Å². The van der Waals surface area contributed by atoms with Crippen LogP contribution >= 0.6 is 0 Å². The summed E-state index contributed by atoms with van der Waals surface area (Å²) in [6.07, 6.45) is 0. The number of hydrogen-bond donors (Lipinski definition) is 2. The number of carbonyl (C=O) groups excluding carboxylic acids is 2. The molecule has 0 unspecified atom stereocenters. The van der Waals surface area contributed by atoms with E-state index in [9.17, 15) is 9.59 Å². The molecule has 0 saturated heterocycles. The molecule has 2 amide bonds. The number of aryl methyl sites for hydroxylation is 1. The Hall–Kier alpha value is -2.82. The first-order valence-electron chi connectivity index (χ1n) is 8.53. The SMILES string of the molecule is CCN(CC)c1ccc(NC(=O)C(=O)NCc2ccccc2C)cc1. The highest BCUT2D eigenvalue weighted by Gasteiger charge is 2.14. The van der Waals surface area contributed by atoms with Gasteiger partial charge < -0.3 is 15.5 Å². The van der Waals surface area contributed by atoms with Gasteiger partial charge in [-0.2, -0.15) is 0 Å². The first kappa shape index (κ1) is 18.5. The van der Waals surface area contributed by atoms with Crippen molar-refractivity contribution in [1.82, 2.24) is 5.32 Å². The number of carbonyl (C=O) groups is 2. The van der Waals surface area contributed by atoms with E-state index in [0.29, 0.717) is 12.2 Å². The molecule has 0 aliphatic rings. The lowest BCUT2D eigenvalue weighted by Gasteiger charge is -2.21. The van der Waals surface area contributed by atoms with Gasteiger partial charge >= 0.3 is 11.8 Å². The highest BCUT2D eigenvalue weighted by atomic mass is 16.2. The Kier molecular flexibility index (Phi) is 6.57. The molecule has 0 fully saturated rings. The van der Waals surface area contributed by atoms with Crippen molar-refractivity contribution in [3.8, 4) is 0 Å². The van der Waals surface area contributed by atoms with Crippen LogP contribution in [0, 0.1) is 6.92 Å². The second kappa shape index (κ2) is 8.87. The van der Waals surface area contributed by atoms with E-state index in [1.165, 1.54) is 0 Å². The maximum atomic E-state index is 12.0. The number of nitrogens with zero attached hydrogens (tertiary/aromatic N) is 1. The Morgan fingerprint density at radius 2 is 1.56 bits per heavy atom. The quantitative estimate of drug-likeness (QED) is 0.795. The minimum atomic E-state index is -0.663. The van der Waals surface area contributed by atoms with Crippen molar-refractivity contribution in [3.05, 3.63) is 59.7 Å². The first-order valence-corrected chi connectivity index (χ1v) is 8.53. The topological polar surface area (TPSA) is 61.4 Å². The summed E-state index contributed by atoms with van der Waals surface area (Å²) < 4.78 is 0. The van der Waals surface area contributed by atoms with Crippen molar-refractivity contribution in [3.63, 3.8) is 0 Å². The lowest BCUT2D eigenvalue weighted by Crippen LogP contribution is -2.35. The average Bonchev–Trinajstić information content (AvgIpc) is 2.63. The molecule has 0 spiro atoms. The number of nitrogens with one attached hydrogen (secondary N) is 2. The highest BCUT2D eigenvalue weighted by molar-refractivity contribution is 6.39. The summed E-state index contributed by atoms with van der Waals surface area (Å²) in [6.45, 7) is 8.34. The number of anilines is 2. The van der Waals surface area contributed by atoms with E-state index < -0.39 is 11.8 Å². The summed E-state index contributed by atoms with van der Waals surface area (Å²) in [7, 11) is 0. The maximum absolute atomic E-state index is 12.0. The fraction of sp³-hybridized carbons (Fsp3) is 0.300. The Morgan fingerprint density at radius 3 is 2.16 bits per heavy atom. The molecule has 0 saturated carbocycles. The van der Waals surface area contributed by atoms with Gasteiger partial charge in [0, 0.05) is 31.0 Å². The van der Waals surface area contributed by atoms with Crippen molar-refractivity contribution in [2.45, 2.75) is 27.3 Å². The molecule has 0 aromatic heterocycles. The largest absolute Gasteiger partial charge is 0.372 e. The normalized spacial score (nSPS) is 10.2. The van der Waals surface area contributed by atoms with Gasteiger partial charge in [0.25, 0.3) is 0 Å². The molecule has 2 aromatic carbocycles. The maximum Gasteiger partial charge on any atom is 0.313 e. The fourth-order valence-electron chi connectivity index (χ4n) is 2.60. The second-order valence-electron chi connectivity index (χ2n) is 5.78. The van der Waals surface area contributed by atoms with Gasteiger partial charge in [-0.25, -0.2) is 0 Å². The van der Waals surface area contributed by atoms with Crippen LogP contribution in [0.25, 0.3) is 0 Å². The van der Waals surface area contributed by atoms with Crippen molar-refractivity contribution in [2.24, 2.45) is 0 Å². The van der Waals surface area contributed by atoms with E-state index in [0.717, 1.165) is 29.9 Å². The van der Waals surface area contributed by atoms with Crippen molar-refractivity contribution < 1.29 is 9.59 Å². The average molecular weight is 339 g/mol. The van der Waals surface area contributed by atoms with E-state index in [1.807, 2.05) is 43.3 Å². The molecule has 5 nitrogen and oxygen atoms in total. The summed E-state index contributed by atoms with van der Waals surface area (Å²) >= 11 is 0. The van der Waals surface area contributed by atoms with Gasteiger partial charge in [0.2, 0.25) is 0 Å². The molecule has 2 rings (SSSR count). The Balaban J connectivity index is 1.90. The molecule has 25 heavy (non-hydrogen) atoms. The summed E-state index contributed by atoms with van der Waals surface area (Å²) in [6, 6.07) is 15.2. The highest BCUT2D eigenvalue weighted by Crippen LogP contribution is 2.17. The van der Waals surface area contributed by atoms with E-state index in [1.54, 1.807) is 12.1 Å². The zero-order valence-corrected chi connectivity index (χ0v) is 15.0. The molecular weight excluding hydrogens is 314 g/mol. The molecular formula is C20H25N3O2. The van der Waals surface area contributed by atoms with Gasteiger partial charge in [-0.1, -0.05) is 24.3 Å². The lowest BCUT2D eigenvalue weighted by atomic mass is 10.1. The van der Waals surface area contributed by atoms with E-state index >= 15 is 0 Å². The zero-order valence-electron chi connectivity index (χ0n) is 15.0. The molecule has 0 radical (unpaired) electrons. The molecule has 0 aliphatic carbocycles. The third-order valence-corrected chi connectivity index (χ3v) is 4.16. The van der Waals surface area contributed by atoms with Crippen molar-refractivity contribution >= 4 is 23.2 Å². The van der Waals surface area contributed by atoms with Crippen LogP contribution in [-0.2, 0) is 16.1 Å². The molecule has 0 bridgehead atoms. The van der Waals surface area contributed by atoms with Crippen LogP contribution in [-0.4, -0.2) is 24.9 Å². The van der Waals surface area contributed by atoms with Crippen LogP contribution in [0.3, 0.4) is 0 Å². The Bertz CT molecular complexity index is 722. The van der Waals surface area contributed by atoms with E-state index in [-0.39, 0.29) is 0 Å². The van der Waals surface area contributed by atoms with Crippen molar-refractivity contribution in [1.29, 1.82) is 0 Å². The van der Waals surface area contributed by atoms with Gasteiger partial charge in [-0.15, -0.1) is 0 Å². The van der Waals surface area contributed by atoms with Gasteiger partial charge in [-0.3, -0.25) is 9.59 Å². The standard InChI is InChI=1S/C20H25N3O2/c1-4-23(5-2)18-12-10-17(11-13-18)22-20(25)19(24)21-14-16-9-7-6-8-15(16)3/h6-13H,4-5,14H2,1-3H3,(H,21,24)(H,22,25). The smallest absolute Gasteiger partial charge is 0.313 e. The third kappa shape index (κ3) is 5.08. The molecule has 5 heteroatoms. The number of rotatable bonds is 6. The minimum absolute atomic E-state index is 0.333. The molecule has 132 valence electrons. The lowest BCUT2D eigenvalue weighted by molar-refractivity contribution is -0.136. The number of hydrogen-bond acceptors (Lipinski definition) is 3. The van der Waals surface area contributed by atoms with Gasteiger partial charge in [0.1, 0.15) is 0 Å². The Labute approximate surface area is 149 Å².